The van der Waals surface area contributed by atoms with E-state index in [0.717, 1.165) is 40.8 Å². The van der Waals surface area contributed by atoms with Gasteiger partial charge in [0.15, 0.2) is 0 Å². The molecule has 1 atom stereocenters. The molecule has 3 aromatic rings. The molecule has 33 heavy (non-hydrogen) atoms. The number of anilines is 1. The zero-order valence-electron chi connectivity index (χ0n) is 17.2. The Kier molecular flexibility index (Phi) is 5.47. The van der Waals surface area contributed by atoms with Crippen molar-refractivity contribution in [2.75, 3.05) is 4.90 Å². The average molecular weight is 450 g/mol. The van der Waals surface area contributed by atoms with Gasteiger partial charge < -0.3 is 5.11 Å². The molecule has 1 heterocycles. The highest BCUT2D eigenvalue weighted by Gasteiger charge is 2.47. The van der Waals surface area contributed by atoms with E-state index >= 15 is 0 Å². The Morgan fingerprint density at radius 2 is 1.73 bits per heavy atom. The molecule has 4 rings (SSSR count). The van der Waals surface area contributed by atoms with Crippen molar-refractivity contribution >= 4 is 28.8 Å². The molecule has 166 valence electrons. The van der Waals surface area contributed by atoms with Crippen LogP contribution in [0, 0.1) is 28.7 Å². The second kappa shape index (κ2) is 8.27. The van der Waals surface area contributed by atoms with Crippen LogP contribution in [0.2, 0.25) is 0 Å². The van der Waals surface area contributed by atoms with Crippen molar-refractivity contribution < 1.29 is 28.4 Å². The lowest BCUT2D eigenvalue weighted by molar-refractivity contribution is -0.384. The predicted octanol–water partition coefficient (Wildman–Crippen LogP) is 4.81. The number of Topliss-reactive ketones (excluding diaryl/α,β-unsaturated/α-hetero) is 1. The summed E-state index contributed by atoms with van der Waals surface area (Å²) in [6, 6.07) is 12.7. The fraction of sp³-hybridized carbons (Fsp3) is 0.0833. The van der Waals surface area contributed by atoms with E-state index in [2.05, 4.69) is 0 Å². The van der Waals surface area contributed by atoms with Crippen LogP contribution >= 0.6 is 0 Å². The maximum atomic E-state index is 14.6. The maximum Gasteiger partial charge on any atom is 0.300 e. The minimum Gasteiger partial charge on any atom is -0.507 e. The number of amides is 1. The summed E-state index contributed by atoms with van der Waals surface area (Å²) in [5, 5.41) is 21.9. The summed E-state index contributed by atoms with van der Waals surface area (Å²) in [7, 11) is 0. The molecule has 9 heteroatoms. The quantitative estimate of drug-likeness (QED) is 0.202. The Morgan fingerprint density at radius 1 is 1.03 bits per heavy atom. The van der Waals surface area contributed by atoms with Crippen LogP contribution in [0.15, 0.2) is 72.3 Å². The number of benzene rings is 3. The van der Waals surface area contributed by atoms with Crippen molar-refractivity contribution in [1.29, 1.82) is 0 Å². The van der Waals surface area contributed by atoms with Gasteiger partial charge >= 0.3 is 0 Å². The third-order valence-corrected chi connectivity index (χ3v) is 5.32. The fourth-order valence-corrected chi connectivity index (χ4v) is 3.80. The maximum absolute atomic E-state index is 14.6. The number of carbonyl (C=O) groups excluding carboxylic acids is 2. The Labute approximate surface area is 186 Å². The average Bonchev–Trinajstić information content (AvgIpc) is 3.05. The Hall–Kier alpha value is -4.40. The van der Waals surface area contributed by atoms with Crippen molar-refractivity contribution in [3.8, 4) is 0 Å². The molecule has 1 amide bonds. The first kappa shape index (κ1) is 21.8. The molecule has 3 aromatic carbocycles. The van der Waals surface area contributed by atoms with Crippen LogP contribution in [0.4, 0.5) is 20.2 Å². The molecule has 1 saturated heterocycles. The largest absolute Gasteiger partial charge is 0.507 e. The minimum absolute atomic E-state index is 0.0518. The van der Waals surface area contributed by atoms with Crippen molar-refractivity contribution in [2.24, 2.45) is 0 Å². The summed E-state index contributed by atoms with van der Waals surface area (Å²) in [4.78, 5) is 37.1. The summed E-state index contributed by atoms with van der Waals surface area (Å²) in [6.07, 6.45) is 0. The Balaban J connectivity index is 1.96. The van der Waals surface area contributed by atoms with Crippen LogP contribution in [0.5, 0.6) is 0 Å². The van der Waals surface area contributed by atoms with E-state index in [1.165, 1.54) is 12.1 Å². The van der Waals surface area contributed by atoms with Crippen molar-refractivity contribution in [2.45, 2.75) is 13.0 Å². The van der Waals surface area contributed by atoms with Gasteiger partial charge in [-0.05, 0) is 36.8 Å². The molecule has 1 aliphatic rings. The van der Waals surface area contributed by atoms with Gasteiger partial charge in [-0.25, -0.2) is 8.78 Å². The minimum atomic E-state index is -1.25. The first-order valence-electron chi connectivity index (χ1n) is 9.76. The van der Waals surface area contributed by atoms with Crippen LogP contribution in [-0.2, 0) is 9.59 Å². The third kappa shape index (κ3) is 3.84. The zero-order valence-corrected chi connectivity index (χ0v) is 17.2. The van der Waals surface area contributed by atoms with E-state index in [1.54, 1.807) is 31.2 Å². The Morgan fingerprint density at radius 3 is 2.36 bits per heavy atom. The van der Waals surface area contributed by atoms with E-state index in [9.17, 15) is 33.6 Å². The number of rotatable bonds is 4. The number of carbonyl (C=O) groups is 2. The number of nitro groups is 1. The normalized spacial score (nSPS) is 17.4. The molecule has 1 unspecified atom stereocenters. The number of nitro benzene ring substituents is 1. The van der Waals surface area contributed by atoms with E-state index < -0.39 is 45.7 Å². The highest BCUT2D eigenvalue weighted by atomic mass is 19.1. The summed E-state index contributed by atoms with van der Waals surface area (Å²) in [6.45, 7) is 1.77. The molecular formula is C24H16F2N2O5. The van der Waals surface area contributed by atoms with Gasteiger partial charge in [-0.1, -0.05) is 29.8 Å². The van der Waals surface area contributed by atoms with Crippen molar-refractivity contribution in [3.05, 3.63) is 111 Å². The highest BCUT2D eigenvalue weighted by molar-refractivity contribution is 6.51. The molecule has 0 radical (unpaired) electrons. The van der Waals surface area contributed by atoms with E-state index in [0.29, 0.717) is 5.56 Å². The first-order chi connectivity index (χ1) is 15.7. The van der Waals surface area contributed by atoms with Gasteiger partial charge in [-0.15, -0.1) is 0 Å². The predicted molar refractivity (Wildman–Crippen MR) is 115 cm³/mol. The molecule has 0 spiro atoms. The van der Waals surface area contributed by atoms with Crippen molar-refractivity contribution in [3.63, 3.8) is 0 Å². The smallest absolute Gasteiger partial charge is 0.300 e. The zero-order chi connectivity index (χ0) is 23.9. The Bertz CT molecular complexity index is 1330. The molecular weight excluding hydrogens is 434 g/mol. The number of aryl methyl sites for hydroxylation is 1. The summed E-state index contributed by atoms with van der Waals surface area (Å²) < 4.78 is 28.6. The number of aliphatic hydroxyl groups is 1. The van der Waals surface area contributed by atoms with E-state index in [1.807, 2.05) is 0 Å². The highest BCUT2D eigenvalue weighted by Crippen LogP contribution is 2.43. The number of nitrogens with zero attached hydrogens (tertiary/aromatic N) is 2. The number of hydrogen-bond acceptors (Lipinski definition) is 5. The lowest BCUT2D eigenvalue weighted by Crippen LogP contribution is -2.30. The number of non-ortho nitro benzene ring substituents is 1. The standard InChI is InChI=1S/C24H16F2N2O5/c1-13-3-2-4-15(11-13)21-20(22(29)14-5-8-17(9-6-14)28(32)33)23(30)24(31)27(21)19-12-16(25)7-10-18(19)26/h2-12,21,29H,1H3/b22-20+. The molecule has 1 fully saturated rings. The van der Waals surface area contributed by atoms with Crippen molar-refractivity contribution in [1.82, 2.24) is 0 Å². The van der Waals surface area contributed by atoms with E-state index in [4.69, 9.17) is 0 Å². The summed E-state index contributed by atoms with van der Waals surface area (Å²) >= 11 is 0. The van der Waals surface area contributed by atoms with Crippen LogP contribution in [0.3, 0.4) is 0 Å². The monoisotopic (exact) mass is 450 g/mol. The molecule has 0 saturated carbocycles. The van der Waals surface area contributed by atoms with Crippen LogP contribution in [0.25, 0.3) is 5.76 Å². The van der Waals surface area contributed by atoms with Crippen LogP contribution in [-0.4, -0.2) is 21.7 Å². The molecule has 0 bridgehead atoms. The fourth-order valence-electron chi connectivity index (χ4n) is 3.80. The van der Waals surface area contributed by atoms with Gasteiger partial charge in [0.2, 0.25) is 0 Å². The number of hydrogen-bond donors (Lipinski definition) is 1. The number of aliphatic hydroxyl groups excluding tert-OH is 1. The molecule has 1 aliphatic heterocycles. The number of halogens is 2. The topological polar surface area (TPSA) is 101 Å². The van der Waals surface area contributed by atoms with Gasteiger partial charge in [0.05, 0.1) is 22.2 Å². The van der Waals surface area contributed by atoms with Crippen LogP contribution < -0.4 is 4.90 Å². The molecule has 1 N–H and O–H groups in total. The first-order valence-corrected chi connectivity index (χ1v) is 9.76. The second-order valence-electron chi connectivity index (χ2n) is 7.48. The van der Waals surface area contributed by atoms with Gasteiger partial charge in [0.1, 0.15) is 17.4 Å². The van der Waals surface area contributed by atoms with Gasteiger partial charge in [-0.3, -0.25) is 24.6 Å². The summed E-state index contributed by atoms with van der Waals surface area (Å²) in [5.74, 6) is -4.57. The van der Waals surface area contributed by atoms with Gasteiger partial charge in [0.25, 0.3) is 17.4 Å². The summed E-state index contributed by atoms with van der Waals surface area (Å²) in [5.41, 5.74) is 0.184. The second-order valence-corrected chi connectivity index (χ2v) is 7.48. The van der Waals surface area contributed by atoms with Crippen LogP contribution in [0.1, 0.15) is 22.7 Å². The lowest BCUT2D eigenvalue weighted by Gasteiger charge is -2.26. The SMILES string of the molecule is Cc1cccc(C2/C(=C(\O)c3ccc([N+](=O)[O-])cc3)C(=O)C(=O)N2c2cc(F)ccc2F)c1. The molecule has 7 nitrogen and oxygen atoms in total. The van der Waals surface area contributed by atoms with E-state index in [-0.39, 0.29) is 16.8 Å². The molecule has 0 aromatic heterocycles. The molecule has 0 aliphatic carbocycles. The van der Waals surface area contributed by atoms with Gasteiger partial charge in [-0.2, -0.15) is 0 Å². The number of ketones is 1. The van der Waals surface area contributed by atoms with Gasteiger partial charge in [0, 0.05) is 23.8 Å². The third-order valence-electron chi connectivity index (χ3n) is 5.32. The lowest BCUT2D eigenvalue weighted by atomic mass is 9.94.